The van der Waals surface area contributed by atoms with Crippen LogP contribution in [0.25, 0.3) is 0 Å². The number of ether oxygens (including phenoxy) is 2. The van der Waals surface area contributed by atoms with E-state index < -0.39 is 27.9 Å². The molecule has 1 saturated heterocycles. The fraction of sp³-hybridized carbons (Fsp3) is 0.917. The lowest BCUT2D eigenvalue weighted by molar-refractivity contribution is -0.0430. The van der Waals surface area contributed by atoms with Crippen molar-refractivity contribution in [2.75, 3.05) is 19.4 Å². The molecule has 1 aliphatic rings. The summed E-state index contributed by atoms with van der Waals surface area (Å²) < 4.78 is 37.4. The van der Waals surface area contributed by atoms with Crippen LogP contribution in [0.3, 0.4) is 0 Å². The summed E-state index contributed by atoms with van der Waals surface area (Å²) in [7, 11) is -3.46. The second-order valence-electron chi connectivity index (χ2n) is 5.84. The Labute approximate surface area is 120 Å². The normalized spacial score (nSPS) is 24.2. The Kier molecular flexibility index (Phi) is 5.79. The van der Waals surface area contributed by atoms with Gasteiger partial charge in [-0.05, 0) is 33.6 Å². The number of hydrogen-bond donors (Lipinski definition) is 1. The second kappa shape index (κ2) is 6.73. The van der Waals surface area contributed by atoms with Crippen LogP contribution in [0.15, 0.2) is 0 Å². The maximum atomic E-state index is 11.5. The van der Waals surface area contributed by atoms with E-state index in [1.807, 2.05) is 0 Å². The zero-order valence-corrected chi connectivity index (χ0v) is 13.2. The van der Waals surface area contributed by atoms with Gasteiger partial charge in [-0.3, -0.25) is 4.18 Å². The van der Waals surface area contributed by atoms with Crippen LogP contribution >= 0.6 is 0 Å². The van der Waals surface area contributed by atoms with Crippen LogP contribution in [-0.4, -0.2) is 51.7 Å². The van der Waals surface area contributed by atoms with Crippen LogP contribution in [-0.2, 0) is 23.8 Å². The van der Waals surface area contributed by atoms with E-state index in [0.29, 0.717) is 19.4 Å². The minimum absolute atomic E-state index is 0.151. The summed E-state index contributed by atoms with van der Waals surface area (Å²) in [6.07, 6.45) is 1.13. The average Bonchev–Trinajstić information content (AvgIpc) is 2.23. The molecular weight excluding hydrogens is 286 g/mol. The Hall–Kier alpha value is -0.860. The van der Waals surface area contributed by atoms with Gasteiger partial charge < -0.3 is 14.8 Å². The van der Waals surface area contributed by atoms with E-state index in [1.165, 1.54) is 0 Å². The third-order valence-corrected chi connectivity index (χ3v) is 3.13. The van der Waals surface area contributed by atoms with Crippen molar-refractivity contribution in [2.24, 2.45) is 0 Å². The summed E-state index contributed by atoms with van der Waals surface area (Å²) in [5, 5.41) is 2.63. The number of nitrogens with one attached hydrogen (secondary N) is 1. The Bertz CT molecular complexity index is 420. The molecule has 0 spiro atoms. The molecule has 0 aromatic carbocycles. The van der Waals surface area contributed by atoms with Crippen molar-refractivity contribution in [3.05, 3.63) is 0 Å². The van der Waals surface area contributed by atoms with Crippen molar-refractivity contribution in [1.29, 1.82) is 0 Å². The predicted octanol–water partition coefficient (Wildman–Crippen LogP) is 1.03. The van der Waals surface area contributed by atoms with E-state index in [2.05, 4.69) is 5.32 Å². The van der Waals surface area contributed by atoms with Gasteiger partial charge in [0.15, 0.2) is 0 Å². The molecule has 1 heterocycles. The molecule has 0 saturated carbocycles. The van der Waals surface area contributed by atoms with Crippen molar-refractivity contribution in [3.8, 4) is 0 Å². The lowest BCUT2D eigenvalue weighted by Gasteiger charge is -2.28. The van der Waals surface area contributed by atoms with E-state index in [-0.39, 0.29) is 12.7 Å². The number of rotatable bonds is 4. The van der Waals surface area contributed by atoms with Crippen LogP contribution in [0.4, 0.5) is 4.79 Å². The molecule has 20 heavy (non-hydrogen) atoms. The van der Waals surface area contributed by atoms with Gasteiger partial charge in [0.2, 0.25) is 0 Å². The molecule has 2 atom stereocenters. The highest BCUT2D eigenvalue weighted by molar-refractivity contribution is 7.86. The highest BCUT2D eigenvalue weighted by Crippen LogP contribution is 2.17. The highest BCUT2D eigenvalue weighted by Gasteiger charge is 2.26. The third kappa shape index (κ3) is 7.66. The molecule has 1 amide bonds. The van der Waals surface area contributed by atoms with Gasteiger partial charge in [0.25, 0.3) is 10.1 Å². The zero-order valence-electron chi connectivity index (χ0n) is 12.3. The van der Waals surface area contributed by atoms with Gasteiger partial charge >= 0.3 is 6.09 Å². The highest BCUT2D eigenvalue weighted by atomic mass is 32.2. The first kappa shape index (κ1) is 17.2. The smallest absolute Gasteiger partial charge is 0.407 e. The van der Waals surface area contributed by atoms with Gasteiger partial charge in [0.05, 0.1) is 19.0 Å². The minimum Gasteiger partial charge on any atom is -0.444 e. The quantitative estimate of drug-likeness (QED) is 0.780. The maximum Gasteiger partial charge on any atom is 0.407 e. The van der Waals surface area contributed by atoms with Crippen LogP contribution in [0, 0.1) is 0 Å². The zero-order chi connectivity index (χ0) is 15.4. The molecule has 0 aliphatic carbocycles. The summed E-state index contributed by atoms with van der Waals surface area (Å²) in [4.78, 5) is 11.5. The first-order chi connectivity index (χ1) is 9.05. The Morgan fingerprint density at radius 3 is 2.45 bits per heavy atom. The van der Waals surface area contributed by atoms with E-state index in [1.54, 1.807) is 20.8 Å². The van der Waals surface area contributed by atoms with Gasteiger partial charge in [-0.25, -0.2) is 4.79 Å². The molecule has 1 N–H and O–H groups in total. The number of amides is 1. The van der Waals surface area contributed by atoms with Crippen LogP contribution in [0.1, 0.15) is 33.6 Å². The second-order valence-corrected chi connectivity index (χ2v) is 7.44. The fourth-order valence-corrected chi connectivity index (χ4v) is 2.42. The number of carbonyl (C=O) groups excluding carboxylic acids is 1. The summed E-state index contributed by atoms with van der Waals surface area (Å²) in [6, 6.07) is 0. The molecule has 0 bridgehead atoms. The van der Waals surface area contributed by atoms with Gasteiger partial charge in [-0.1, -0.05) is 0 Å². The van der Waals surface area contributed by atoms with Crippen molar-refractivity contribution in [1.82, 2.24) is 5.32 Å². The number of hydrogen-bond acceptors (Lipinski definition) is 6. The minimum atomic E-state index is -3.46. The SMILES string of the molecule is CC(C)(C)OC(=O)NC[C@H]1CC[C@H](OS(C)(=O)=O)CO1. The number of alkyl carbamates (subject to hydrolysis) is 1. The van der Waals surface area contributed by atoms with Crippen LogP contribution < -0.4 is 5.32 Å². The number of carbonyl (C=O) groups is 1. The Balaban J connectivity index is 2.24. The molecule has 7 nitrogen and oxygen atoms in total. The first-order valence-corrected chi connectivity index (χ1v) is 8.33. The lowest BCUT2D eigenvalue weighted by atomic mass is 10.1. The van der Waals surface area contributed by atoms with Crippen molar-refractivity contribution < 1.29 is 26.9 Å². The van der Waals surface area contributed by atoms with Gasteiger partial charge in [0.1, 0.15) is 11.7 Å². The Morgan fingerprint density at radius 1 is 1.35 bits per heavy atom. The third-order valence-electron chi connectivity index (χ3n) is 2.51. The average molecular weight is 309 g/mol. The molecule has 1 fully saturated rings. The van der Waals surface area contributed by atoms with Crippen molar-refractivity contribution in [2.45, 2.75) is 51.4 Å². The van der Waals surface area contributed by atoms with Gasteiger partial charge in [0, 0.05) is 6.54 Å². The molecule has 1 aliphatic heterocycles. The molecule has 1 rings (SSSR count). The van der Waals surface area contributed by atoms with E-state index in [0.717, 1.165) is 6.26 Å². The Morgan fingerprint density at radius 2 is 2.00 bits per heavy atom. The van der Waals surface area contributed by atoms with Crippen LogP contribution in [0.5, 0.6) is 0 Å². The summed E-state index contributed by atoms with van der Waals surface area (Å²) in [6.45, 7) is 5.90. The predicted molar refractivity (Wildman–Crippen MR) is 72.9 cm³/mol. The summed E-state index contributed by atoms with van der Waals surface area (Å²) in [5.41, 5.74) is -0.536. The van der Waals surface area contributed by atoms with Gasteiger partial charge in [-0.15, -0.1) is 0 Å². The molecule has 0 unspecified atom stereocenters. The monoisotopic (exact) mass is 309 g/mol. The molecule has 118 valence electrons. The first-order valence-electron chi connectivity index (χ1n) is 6.52. The van der Waals surface area contributed by atoms with Crippen molar-refractivity contribution >= 4 is 16.2 Å². The van der Waals surface area contributed by atoms with E-state index >= 15 is 0 Å². The molecule has 0 radical (unpaired) electrons. The van der Waals surface area contributed by atoms with E-state index in [4.69, 9.17) is 13.7 Å². The van der Waals surface area contributed by atoms with Gasteiger partial charge in [-0.2, -0.15) is 8.42 Å². The van der Waals surface area contributed by atoms with Crippen LogP contribution in [0.2, 0.25) is 0 Å². The lowest BCUT2D eigenvalue weighted by Crippen LogP contribution is -2.41. The molecule has 0 aromatic heterocycles. The summed E-state index contributed by atoms with van der Waals surface area (Å²) >= 11 is 0. The topological polar surface area (TPSA) is 90.9 Å². The fourth-order valence-electron chi connectivity index (χ4n) is 1.78. The standard InChI is InChI=1S/C12H23NO6S/c1-12(2,3)18-11(14)13-7-9-5-6-10(8-17-9)19-20(4,15)16/h9-10H,5-8H2,1-4H3,(H,13,14)/t9-,10+/m1/s1. The molecular formula is C12H23NO6S. The molecule has 8 heteroatoms. The maximum absolute atomic E-state index is 11.5. The van der Waals surface area contributed by atoms with E-state index in [9.17, 15) is 13.2 Å². The van der Waals surface area contributed by atoms with Crippen molar-refractivity contribution in [3.63, 3.8) is 0 Å². The molecule has 0 aromatic rings. The largest absolute Gasteiger partial charge is 0.444 e. The summed E-state index contributed by atoms with van der Waals surface area (Å²) in [5.74, 6) is 0.